The SMILES string of the molecule is CCOC(=O)Nc1cc2ccccc2cc1C(=O)O. The lowest BCUT2D eigenvalue weighted by atomic mass is 10.0. The number of fused-ring (bicyclic) bond motifs is 1. The minimum Gasteiger partial charge on any atom is -0.478 e. The molecule has 0 aliphatic heterocycles. The highest BCUT2D eigenvalue weighted by Crippen LogP contribution is 2.24. The molecule has 0 heterocycles. The number of nitrogens with one attached hydrogen (secondary N) is 1. The number of anilines is 1. The molecule has 0 fully saturated rings. The number of ether oxygens (including phenoxy) is 1. The van der Waals surface area contributed by atoms with E-state index in [4.69, 9.17) is 4.74 Å². The van der Waals surface area contributed by atoms with Crippen LogP contribution in [0.1, 0.15) is 17.3 Å². The van der Waals surface area contributed by atoms with Crippen molar-refractivity contribution < 1.29 is 19.4 Å². The number of hydrogen-bond acceptors (Lipinski definition) is 3. The van der Waals surface area contributed by atoms with Crippen molar-refractivity contribution in [1.82, 2.24) is 0 Å². The predicted octanol–water partition coefficient (Wildman–Crippen LogP) is 3.11. The first-order valence-electron chi connectivity index (χ1n) is 5.81. The van der Waals surface area contributed by atoms with Gasteiger partial charge in [-0.25, -0.2) is 9.59 Å². The third kappa shape index (κ3) is 2.82. The van der Waals surface area contributed by atoms with Crippen LogP contribution in [0.4, 0.5) is 10.5 Å². The van der Waals surface area contributed by atoms with Gasteiger partial charge in [-0.3, -0.25) is 5.32 Å². The number of carboxylic acid groups (broad SMARTS) is 1. The van der Waals surface area contributed by atoms with Gasteiger partial charge in [0, 0.05) is 0 Å². The van der Waals surface area contributed by atoms with Crippen LogP contribution < -0.4 is 5.32 Å². The van der Waals surface area contributed by atoms with Crippen LogP contribution in [-0.4, -0.2) is 23.8 Å². The van der Waals surface area contributed by atoms with Crippen molar-refractivity contribution in [3.63, 3.8) is 0 Å². The van der Waals surface area contributed by atoms with Gasteiger partial charge in [0.1, 0.15) is 0 Å². The summed E-state index contributed by atoms with van der Waals surface area (Å²) in [5.41, 5.74) is 0.261. The molecule has 0 aliphatic rings. The lowest BCUT2D eigenvalue weighted by Crippen LogP contribution is -2.15. The molecule has 0 atom stereocenters. The van der Waals surface area contributed by atoms with Crippen LogP contribution in [0, 0.1) is 0 Å². The fourth-order valence-electron chi connectivity index (χ4n) is 1.80. The van der Waals surface area contributed by atoms with Crippen LogP contribution in [-0.2, 0) is 4.74 Å². The highest BCUT2D eigenvalue weighted by Gasteiger charge is 2.14. The molecule has 0 saturated carbocycles. The van der Waals surface area contributed by atoms with Gasteiger partial charge in [0.15, 0.2) is 0 Å². The zero-order chi connectivity index (χ0) is 13.8. The Bertz CT molecular complexity index is 636. The number of aromatic carboxylic acids is 1. The Balaban J connectivity index is 2.47. The molecule has 5 nitrogen and oxygen atoms in total. The lowest BCUT2D eigenvalue weighted by Gasteiger charge is -2.10. The van der Waals surface area contributed by atoms with E-state index in [1.807, 2.05) is 24.3 Å². The van der Waals surface area contributed by atoms with Gasteiger partial charge in [0.25, 0.3) is 0 Å². The third-order valence-electron chi connectivity index (χ3n) is 2.63. The van der Waals surface area contributed by atoms with E-state index in [0.717, 1.165) is 10.8 Å². The second kappa shape index (κ2) is 5.39. The summed E-state index contributed by atoms with van der Waals surface area (Å²) in [7, 11) is 0. The molecule has 0 saturated heterocycles. The van der Waals surface area contributed by atoms with E-state index in [9.17, 15) is 14.7 Å². The van der Waals surface area contributed by atoms with Gasteiger partial charge in [-0.1, -0.05) is 24.3 Å². The van der Waals surface area contributed by atoms with Crippen LogP contribution >= 0.6 is 0 Å². The molecule has 0 unspecified atom stereocenters. The summed E-state index contributed by atoms with van der Waals surface area (Å²) < 4.78 is 4.75. The lowest BCUT2D eigenvalue weighted by molar-refractivity contribution is 0.0698. The molecule has 19 heavy (non-hydrogen) atoms. The molecule has 0 radical (unpaired) electrons. The molecular weight excluding hydrogens is 246 g/mol. The normalized spacial score (nSPS) is 10.2. The largest absolute Gasteiger partial charge is 0.478 e. The Kier molecular flexibility index (Phi) is 3.66. The summed E-state index contributed by atoms with van der Waals surface area (Å²) in [4.78, 5) is 22.6. The Labute approximate surface area is 109 Å². The molecule has 2 aromatic rings. The van der Waals surface area contributed by atoms with E-state index in [1.54, 1.807) is 13.0 Å². The van der Waals surface area contributed by atoms with Crippen molar-refractivity contribution in [1.29, 1.82) is 0 Å². The highest BCUT2D eigenvalue weighted by atomic mass is 16.5. The van der Waals surface area contributed by atoms with E-state index < -0.39 is 12.1 Å². The standard InChI is InChI=1S/C14H13NO4/c1-2-19-14(18)15-12-8-10-6-4-3-5-9(10)7-11(12)13(16)17/h3-8H,2H2,1H3,(H,15,18)(H,16,17). The van der Waals surface area contributed by atoms with Gasteiger partial charge < -0.3 is 9.84 Å². The van der Waals surface area contributed by atoms with E-state index >= 15 is 0 Å². The fourth-order valence-corrected chi connectivity index (χ4v) is 1.80. The second-order valence-corrected chi connectivity index (χ2v) is 3.90. The average molecular weight is 259 g/mol. The minimum absolute atomic E-state index is 0.0340. The highest BCUT2D eigenvalue weighted by molar-refractivity contribution is 6.04. The van der Waals surface area contributed by atoms with Crippen molar-refractivity contribution >= 4 is 28.5 Å². The van der Waals surface area contributed by atoms with Crippen molar-refractivity contribution in [3.05, 3.63) is 42.0 Å². The van der Waals surface area contributed by atoms with Crippen LogP contribution in [0.2, 0.25) is 0 Å². The van der Waals surface area contributed by atoms with Crippen LogP contribution in [0.3, 0.4) is 0 Å². The average Bonchev–Trinajstić information content (AvgIpc) is 2.38. The second-order valence-electron chi connectivity index (χ2n) is 3.90. The number of amides is 1. The van der Waals surface area contributed by atoms with E-state index in [1.165, 1.54) is 6.07 Å². The molecule has 0 aromatic heterocycles. The number of benzene rings is 2. The van der Waals surface area contributed by atoms with Crippen LogP contribution in [0.15, 0.2) is 36.4 Å². The molecule has 1 amide bonds. The number of rotatable bonds is 3. The Morgan fingerprint density at radius 1 is 1.21 bits per heavy atom. The third-order valence-corrected chi connectivity index (χ3v) is 2.63. The van der Waals surface area contributed by atoms with Crippen molar-refractivity contribution in [2.45, 2.75) is 6.92 Å². The quantitative estimate of drug-likeness (QED) is 0.888. The number of carboxylic acids is 1. The Morgan fingerprint density at radius 3 is 2.42 bits per heavy atom. The summed E-state index contributed by atoms with van der Waals surface area (Å²) in [5, 5.41) is 13.3. The van der Waals surface area contributed by atoms with E-state index in [0.29, 0.717) is 0 Å². The summed E-state index contributed by atoms with van der Waals surface area (Å²) in [5.74, 6) is -1.10. The molecule has 98 valence electrons. The first-order valence-corrected chi connectivity index (χ1v) is 5.81. The molecule has 2 rings (SSSR count). The summed E-state index contributed by atoms with van der Waals surface area (Å²) >= 11 is 0. The van der Waals surface area contributed by atoms with Crippen molar-refractivity contribution in [2.24, 2.45) is 0 Å². The molecule has 5 heteroatoms. The maximum absolute atomic E-state index is 11.4. The summed E-state index contributed by atoms with van der Waals surface area (Å²) in [6.45, 7) is 1.90. The zero-order valence-electron chi connectivity index (χ0n) is 10.3. The van der Waals surface area contributed by atoms with Crippen LogP contribution in [0.5, 0.6) is 0 Å². The maximum Gasteiger partial charge on any atom is 0.411 e. The summed E-state index contributed by atoms with van der Waals surface area (Å²) in [6, 6.07) is 10.5. The first kappa shape index (κ1) is 12.9. The van der Waals surface area contributed by atoms with E-state index in [-0.39, 0.29) is 17.9 Å². The summed E-state index contributed by atoms with van der Waals surface area (Å²) in [6.07, 6.45) is -0.666. The number of carbonyl (C=O) groups is 2. The fraction of sp³-hybridized carbons (Fsp3) is 0.143. The molecule has 2 aromatic carbocycles. The molecule has 0 spiro atoms. The maximum atomic E-state index is 11.4. The molecule has 0 bridgehead atoms. The minimum atomic E-state index is -1.10. The zero-order valence-corrected chi connectivity index (χ0v) is 10.3. The topological polar surface area (TPSA) is 75.6 Å². The first-order chi connectivity index (χ1) is 9.11. The van der Waals surface area contributed by atoms with Gasteiger partial charge in [-0.15, -0.1) is 0 Å². The Morgan fingerprint density at radius 2 is 1.84 bits per heavy atom. The van der Waals surface area contributed by atoms with Gasteiger partial charge in [-0.05, 0) is 29.8 Å². The monoisotopic (exact) mass is 259 g/mol. The van der Waals surface area contributed by atoms with E-state index in [2.05, 4.69) is 5.32 Å². The molecule has 0 aliphatic carbocycles. The molecular formula is C14H13NO4. The van der Waals surface area contributed by atoms with Gasteiger partial charge in [-0.2, -0.15) is 0 Å². The van der Waals surface area contributed by atoms with Crippen molar-refractivity contribution in [3.8, 4) is 0 Å². The predicted molar refractivity (Wildman–Crippen MR) is 71.6 cm³/mol. The molecule has 2 N–H and O–H groups in total. The number of hydrogen-bond donors (Lipinski definition) is 2. The van der Waals surface area contributed by atoms with Gasteiger partial charge in [0.2, 0.25) is 0 Å². The van der Waals surface area contributed by atoms with Crippen LogP contribution in [0.25, 0.3) is 10.8 Å². The van der Waals surface area contributed by atoms with Crippen molar-refractivity contribution in [2.75, 3.05) is 11.9 Å². The Hall–Kier alpha value is -2.56. The van der Waals surface area contributed by atoms with Gasteiger partial charge >= 0.3 is 12.1 Å². The smallest absolute Gasteiger partial charge is 0.411 e. The number of carbonyl (C=O) groups excluding carboxylic acids is 1. The van der Waals surface area contributed by atoms with Gasteiger partial charge in [0.05, 0.1) is 17.9 Å².